The molecule has 3 rings (SSSR count). The van der Waals surface area contributed by atoms with E-state index in [1.807, 2.05) is 0 Å². The Kier molecular flexibility index (Phi) is 3.38. The monoisotopic (exact) mass is 274 g/mol. The Bertz CT molecular complexity index is 406. The van der Waals surface area contributed by atoms with Crippen molar-refractivity contribution in [2.24, 2.45) is 11.8 Å². The summed E-state index contributed by atoms with van der Waals surface area (Å²) in [7, 11) is -3.14. The summed E-state index contributed by atoms with van der Waals surface area (Å²) >= 11 is 0. The molecule has 5 nitrogen and oxygen atoms in total. The number of hydrogen-bond acceptors (Lipinski definition) is 4. The van der Waals surface area contributed by atoms with Crippen LogP contribution in [0.2, 0.25) is 0 Å². The highest BCUT2D eigenvalue weighted by molar-refractivity contribution is 7.89. The SMILES string of the molecule is O=S(=O)(C1CCNCC1)N1CC2CCC(O)C2C1. The maximum Gasteiger partial charge on any atom is 0.217 e. The van der Waals surface area contributed by atoms with Gasteiger partial charge in [-0.25, -0.2) is 12.7 Å². The summed E-state index contributed by atoms with van der Waals surface area (Å²) in [5.41, 5.74) is 0. The Labute approximate surface area is 109 Å². The molecule has 1 saturated carbocycles. The Balaban J connectivity index is 1.71. The Morgan fingerprint density at radius 3 is 2.44 bits per heavy atom. The molecule has 0 bridgehead atoms. The van der Waals surface area contributed by atoms with Crippen LogP contribution in [-0.4, -0.2) is 55.4 Å². The molecule has 0 spiro atoms. The summed E-state index contributed by atoms with van der Waals surface area (Å²) in [5.74, 6) is 0.568. The first kappa shape index (κ1) is 12.8. The molecule has 6 heteroatoms. The van der Waals surface area contributed by atoms with E-state index in [-0.39, 0.29) is 17.3 Å². The molecule has 0 aromatic rings. The molecular weight excluding hydrogens is 252 g/mol. The van der Waals surface area contributed by atoms with Gasteiger partial charge in [0.25, 0.3) is 0 Å². The van der Waals surface area contributed by atoms with Crippen molar-refractivity contribution in [2.75, 3.05) is 26.2 Å². The lowest BCUT2D eigenvalue weighted by Gasteiger charge is -2.28. The van der Waals surface area contributed by atoms with E-state index in [0.717, 1.165) is 38.8 Å². The van der Waals surface area contributed by atoms with Gasteiger partial charge >= 0.3 is 0 Å². The molecule has 0 amide bonds. The highest BCUT2D eigenvalue weighted by Gasteiger charge is 2.47. The summed E-state index contributed by atoms with van der Waals surface area (Å²) in [6.07, 6.45) is 2.97. The van der Waals surface area contributed by atoms with E-state index >= 15 is 0 Å². The van der Waals surface area contributed by atoms with E-state index < -0.39 is 10.0 Å². The van der Waals surface area contributed by atoms with Crippen LogP contribution >= 0.6 is 0 Å². The van der Waals surface area contributed by atoms with Crippen LogP contribution in [0.4, 0.5) is 0 Å². The van der Waals surface area contributed by atoms with Crippen molar-refractivity contribution in [2.45, 2.75) is 37.0 Å². The minimum atomic E-state index is -3.14. The van der Waals surface area contributed by atoms with Crippen LogP contribution in [0, 0.1) is 11.8 Å². The third-order valence-electron chi connectivity index (χ3n) is 4.85. The highest BCUT2D eigenvalue weighted by atomic mass is 32.2. The molecule has 0 radical (unpaired) electrons. The smallest absolute Gasteiger partial charge is 0.217 e. The molecule has 2 N–H and O–H groups in total. The van der Waals surface area contributed by atoms with Crippen LogP contribution in [0.25, 0.3) is 0 Å². The predicted octanol–water partition coefficient (Wildman–Crippen LogP) is -0.229. The molecule has 2 saturated heterocycles. The summed E-state index contributed by atoms with van der Waals surface area (Å²) in [4.78, 5) is 0. The van der Waals surface area contributed by atoms with E-state index in [1.165, 1.54) is 0 Å². The normalized spacial score (nSPS) is 39.1. The lowest BCUT2D eigenvalue weighted by Crippen LogP contribution is -2.43. The predicted molar refractivity (Wildman–Crippen MR) is 68.6 cm³/mol. The van der Waals surface area contributed by atoms with Crippen LogP contribution in [0.1, 0.15) is 25.7 Å². The van der Waals surface area contributed by atoms with Crippen LogP contribution in [0.5, 0.6) is 0 Å². The summed E-state index contributed by atoms with van der Waals surface area (Å²) in [6.45, 7) is 2.77. The third kappa shape index (κ3) is 2.09. The van der Waals surface area contributed by atoms with E-state index in [2.05, 4.69) is 5.32 Å². The van der Waals surface area contributed by atoms with Gasteiger partial charge in [0.15, 0.2) is 0 Å². The molecule has 18 heavy (non-hydrogen) atoms. The maximum atomic E-state index is 12.5. The molecule has 0 aromatic carbocycles. The number of aliphatic hydroxyl groups is 1. The van der Waals surface area contributed by atoms with Gasteiger partial charge in [-0.1, -0.05) is 0 Å². The second kappa shape index (κ2) is 4.74. The molecule has 3 fully saturated rings. The van der Waals surface area contributed by atoms with Gasteiger partial charge < -0.3 is 10.4 Å². The number of piperidine rings is 1. The highest BCUT2D eigenvalue weighted by Crippen LogP contribution is 2.40. The van der Waals surface area contributed by atoms with Crippen molar-refractivity contribution in [1.29, 1.82) is 0 Å². The minimum absolute atomic E-state index is 0.182. The first-order valence-electron chi connectivity index (χ1n) is 6.97. The van der Waals surface area contributed by atoms with Crippen LogP contribution < -0.4 is 5.32 Å². The second-order valence-electron chi connectivity index (χ2n) is 5.88. The van der Waals surface area contributed by atoms with Crippen molar-refractivity contribution >= 4 is 10.0 Å². The second-order valence-corrected chi connectivity index (χ2v) is 8.09. The van der Waals surface area contributed by atoms with Crippen molar-refractivity contribution in [3.63, 3.8) is 0 Å². The Hall–Kier alpha value is -0.170. The molecule has 1 aliphatic carbocycles. The number of nitrogens with zero attached hydrogens (tertiary/aromatic N) is 1. The van der Waals surface area contributed by atoms with Gasteiger partial charge in [-0.3, -0.25) is 0 Å². The van der Waals surface area contributed by atoms with Gasteiger partial charge in [0.1, 0.15) is 0 Å². The zero-order chi connectivity index (χ0) is 12.8. The number of fused-ring (bicyclic) bond motifs is 1. The molecule has 3 atom stereocenters. The van der Waals surface area contributed by atoms with Gasteiger partial charge in [-0.2, -0.15) is 0 Å². The number of aliphatic hydroxyl groups excluding tert-OH is 1. The van der Waals surface area contributed by atoms with Crippen molar-refractivity contribution in [1.82, 2.24) is 9.62 Å². The van der Waals surface area contributed by atoms with Crippen molar-refractivity contribution < 1.29 is 13.5 Å². The molecular formula is C12H22N2O3S. The molecule has 3 unspecified atom stereocenters. The van der Waals surface area contributed by atoms with Gasteiger partial charge in [-0.15, -0.1) is 0 Å². The van der Waals surface area contributed by atoms with E-state index in [9.17, 15) is 13.5 Å². The molecule has 2 aliphatic heterocycles. The van der Waals surface area contributed by atoms with Gasteiger partial charge in [0.2, 0.25) is 10.0 Å². The van der Waals surface area contributed by atoms with E-state index in [0.29, 0.717) is 19.0 Å². The summed E-state index contributed by atoms with van der Waals surface area (Å²) in [6, 6.07) is 0. The summed E-state index contributed by atoms with van der Waals surface area (Å²) < 4.78 is 26.7. The molecule has 3 aliphatic rings. The Morgan fingerprint density at radius 2 is 1.78 bits per heavy atom. The number of nitrogens with one attached hydrogen (secondary N) is 1. The fraction of sp³-hybridized carbons (Fsp3) is 1.00. The van der Waals surface area contributed by atoms with Crippen LogP contribution in [-0.2, 0) is 10.0 Å². The Morgan fingerprint density at radius 1 is 1.06 bits per heavy atom. The third-order valence-corrected chi connectivity index (χ3v) is 7.18. The first-order chi connectivity index (χ1) is 8.59. The topological polar surface area (TPSA) is 69.6 Å². The number of rotatable bonds is 2. The largest absolute Gasteiger partial charge is 0.393 e. The van der Waals surface area contributed by atoms with Crippen LogP contribution in [0.3, 0.4) is 0 Å². The average molecular weight is 274 g/mol. The van der Waals surface area contributed by atoms with Gasteiger partial charge in [0, 0.05) is 19.0 Å². The number of sulfonamides is 1. The fourth-order valence-corrected chi connectivity index (χ4v) is 5.74. The lowest BCUT2D eigenvalue weighted by atomic mass is 10.00. The average Bonchev–Trinajstić information content (AvgIpc) is 2.94. The zero-order valence-electron chi connectivity index (χ0n) is 10.6. The van der Waals surface area contributed by atoms with Gasteiger partial charge in [-0.05, 0) is 44.7 Å². The molecule has 2 heterocycles. The lowest BCUT2D eigenvalue weighted by molar-refractivity contribution is 0.129. The maximum absolute atomic E-state index is 12.5. The molecule has 0 aromatic heterocycles. The van der Waals surface area contributed by atoms with Crippen LogP contribution in [0.15, 0.2) is 0 Å². The molecule has 104 valence electrons. The van der Waals surface area contributed by atoms with Crippen molar-refractivity contribution in [3.05, 3.63) is 0 Å². The number of hydrogen-bond donors (Lipinski definition) is 2. The van der Waals surface area contributed by atoms with Gasteiger partial charge in [0.05, 0.1) is 11.4 Å². The van der Waals surface area contributed by atoms with E-state index in [4.69, 9.17) is 0 Å². The zero-order valence-corrected chi connectivity index (χ0v) is 11.4. The van der Waals surface area contributed by atoms with E-state index in [1.54, 1.807) is 4.31 Å². The van der Waals surface area contributed by atoms with Crippen molar-refractivity contribution in [3.8, 4) is 0 Å². The minimum Gasteiger partial charge on any atom is -0.393 e. The standard InChI is InChI=1S/C12H22N2O3S/c15-12-2-1-9-7-14(8-11(9)12)18(16,17)10-3-5-13-6-4-10/h9-13,15H,1-8H2. The quantitative estimate of drug-likeness (QED) is 0.730. The summed E-state index contributed by atoms with van der Waals surface area (Å²) in [5, 5.41) is 12.8. The fourth-order valence-electron chi connectivity index (χ4n) is 3.71. The first-order valence-corrected chi connectivity index (χ1v) is 8.47.